The molecule has 9 heteroatoms. The van der Waals surface area contributed by atoms with Crippen molar-refractivity contribution in [1.82, 2.24) is 15.5 Å². The summed E-state index contributed by atoms with van der Waals surface area (Å²) in [5.74, 6) is -0.902. The third-order valence-electron chi connectivity index (χ3n) is 4.05. The predicted octanol–water partition coefficient (Wildman–Crippen LogP) is 3.19. The Bertz CT molecular complexity index is 812. The molecule has 2 unspecified atom stereocenters. The number of alkyl carbamates (subject to hydrolysis) is 1. The van der Waals surface area contributed by atoms with E-state index in [1.165, 1.54) is 23.1 Å². The number of carbonyl (C=O) groups is 3. The van der Waals surface area contributed by atoms with Gasteiger partial charge in [-0.25, -0.2) is 4.79 Å². The highest BCUT2D eigenvalue weighted by molar-refractivity contribution is 7.80. The molecule has 1 aromatic rings. The number of ether oxygens (including phenoxy) is 1. The Morgan fingerprint density at radius 2 is 1.72 bits per heavy atom. The molecule has 0 bridgehead atoms. The van der Waals surface area contributed by atoms with Crippen LogP contribution in [0.2, 0.25) is 0 Å². The van der Waals surface area contributed by atoms with Gasteiger partial charge in [-0.2, -0.15) is 12.6 Å². The maximum Gasteiger partial charge on any atom is 0.408 e. The van der Waals surface area contributed by atoms with E-state index in [0.29, 0.717) is 5.56 Å². The number of phenols is 1. The van der Waals surface area contributed by atoms with E-state index in [1.807, 2.05) is 20.8 Å². The fraction of sp³-hybridized carbons (Fsp3) is 0.522. The second-order valence-electron chi connectivity index (χ2n) is 9.39. The summed E-state index contributed by atoms with van der Waals surface area (Å²) in [6.07, 6.45) is 0.738. The van der Waals surface area contributed by atoms with E-state index in [0.717, 1.165) is 0 Å². The zero-order valence-corrected chi connectivity index (χ0v) is 20.5. The smallest absolute Gasteiger partial charge is 0.408 e. The van der Waals surface area contributed by atoms with Gasteiger partial charge in [0.2, 0.25) is 11.8 Å². The molecule has 0 aliphatic carbocycles. The van der Waals surface area contributed by atoms with Crippen molar-refractivity contribution in [3.8, 4) is 5.75 Å². The van der Waals surface area contributed by atoms with Gasteiger partial charge in [-0.3, -0.25) is 9.59 Å². The number of benzene rings is 1. The van der Waals surface area contributed by atoms with Crippen molar-refractivity contribution in [3.63, 3.8) is 0 Å². The summed E-state index contributed by atoms with van der Waals surface area (Å²) in [6, 6.07) is 3.97. The average molecular weight is 466 g/mol. The van der Waals surface area contributed by atoms with Gasteiger partial charge < -0.3 is 25.4 Å². The van der Waals surface area contributed by atoms with E-state index in [2.05, 4.69) is 29.8 Å². The summed E-state index contributed by atoms with van der Waals surface area (Å²) >= 11 is 4.22. The first-order valence-corrected chi connectivity index (χ1v) is 10.9. The van der Waals surface area contributed by atoms with Gasteiger partial charge in [-0.1, -0.05) is 18.2 Å². The van der Waals surface area contributed by atoms with Crippen molar-refractivity contribution < 1.29 is 24.2 Å². The van der Waals surface area contributed by atoms with Crippen LogP contribution in [0.15, 0.2) is 36.9 Å². The van der Waals surface area contributed by atoms with Crippen molar-refractivity contribution in [2.24, 2.45) is 0 Å². The predicted molar refractivity (Wildman–Crippen MR) is 128 cm³/mol. The van der Waals surface area contributed by atoms with Crippen LogP contribution in [0.4, 0.5) is 4.79 Å². The lowest BCUT2D eigenvalue weighted by Gasteiger charge is -2.35. The number of aromatic hydroxyl groups is 1. The van der Waals surface area contributed by atoms with Crippen molar-refractivity contribution in [3.05, 3.63) is 42.5 Å². The number of amides is 3. The van der Waals surface area contributed by atoms with Gasteiger partial charge >= 0.3 is 6.09 Å². The Labute approximate surface area is 195 Å². The Balaban J connectivity index is 3.34. The minimum atomic E-state index is -1.03. The summed E-state index contributed by atoms with van der Waals surface area (Å²) in [7, 11) is 0. The molecule has 0 saturated heterocycles. The first-order valence-electron chi connectivity index (χ1n) is 10.3. The maximum atomic E-state index is 13.4. The molecule has 1 rings (SSSR count). The maximum absolute atomic E-state index is 13.4. The third kappa shape index (κ3) is 8.82. The summed E-state index contributed by atoms with van der Waals surface area (Å²) < 4.78 is 5.25. The number of carbonyl (C=O) groups excluding carboxylic acids is 3. The fourth-order valence-corrected chi connectivity index (χ4v) is 3.11. The van der Waals surface area contributed by atoms with Crippen molar-refractivity contribution in [2.75, 3.05) is 12.3 Å². The molecule has 3 amide bonds. The van der Waals surface area contributed by atoms with Crippen LogP contribution in [0.25, 0.3) is 0 Å². The molecule has 1 aromatic carbocycles. The monoisotopic (exact) mass is 465 g/mol. The first-order chi connectivity index (χ1) is 14.7. The number of rotatable bonds is 8. The van der Waals surface area contributed by atoms with Crippen molar-refractivity contribution >= 4 is 30.5 Å². The van der Waals surface area contributed by atoms with Gasteiger partial charge in [0.25, 0.3) is 0 Å². The van der Waals surface area contributed by atoms with E-state index in [4.69, 9.17) is 4.74 Å². The first kappa shape index (κ1) is 27.4. The lowest BCUT2D eigenvalue weighted by atomic mass is 10.0. The van der Waals surface area contributed by atoms with E-state index in [-0.39, 0.29) is 18.0 Å². The van der Waals surface area contributed by atoms with Crippen LogP contribution in [0.3, 0.4) is 0 Å². The number of nitrogens with one attached hydrogen (secondary N) is 2. The van der Waals surface area contributed by atoms with Crippen molar-refractivity contribution in [2.45, 2.75) is 64.8 Å². The summed E-state index contributed by atoms with van der Waals surface area (Å²) in [5, 5.41) is 15.1. The highest BCUT2D eigenvalue weighted by atomic mass is 32.1. The van der Waals surface area contributed by atoms with Gasteiger partial charge in [0.15, 0.2) is 0 Å². The minimum Gasteiger partial charge on any atom is -0.508 e. The number of hydrogen-bond donors (Lipinski definition) is 4. The molecule has 0 aromatic heterocycles. The average Bonchev–Trinajstić information content (AvgIpc) is 2.63. The molecule has 0 fully saturated rings. The van der Waals surface area contributed by atoms with Crippen LogP contribution in [0.5, 0.6) is 5.75 Å². The molecule has 0 aliphatic rings. The number of thiol groups is 1. The highest BCUT2D eigenvalue weighted by Gasteiger charge is 2.36. The van der Waals surface area contributed by atoms with Crippen LogP contribution in [0.1, 0.15) is 53.1 Å². The van der Waals surface area contributed by atoms with Crippen LogP contribution in [0, 0.1) is 0 Å². The van der Waals surface area contributed by atoms with E-state index < -0.39 is 41.1 Å². The quantitative estimate of drug-likeness (QED) is 0.348. The Morgan fingerprint density at radius 1 is 1.16 bits per heavy atom. The fourth-order valence-electron chi connectivity index (χ4n) is 2.86. The summed E-state index contributed by atoms with van der Waals surface area (Å²) in [6.45, 7) is 14.4. The van der Waals surface area contributed by atoms with E-state index >= 15 is 0 Å². The largest absolute Gasteiger partial charge is 0.508 e. The summed E-state index contributed by atoms with van der Waals surface area (Å²) in [4.78, 5) is 40.3. The zero-order chi connectivity index (χ0) is 24.7. The highest BCUT2D eigenvalue weighted by Crippen LogP contribution is 2.25. The Morgan fingerprint density at radius 3 is 2.16 bits per heavy atom. The Kier molecular flexibility index (Phi) is 9.63. The van der Waals surface area contributed by atoms with Gasteiger partial charge in [-0.05, 0) is 59.2 Å². The molecule has 178 valence electrons. The molecule has 2 atom stereocenters. The van der Waals surface area contributed by atoms with Crippen molar-refractivity contribution in [1.29, 1.82) is 0 Å². The molecule has 0 aliphatic heterocycles. The molecule has 0 saturated carbocycles. The molecular weight excluding hydrogens is 430 g/mol. The standard InChI is InChI=1S/C23H35N3O5S/c1-8-13-26(20(29)17(14-32)24-21(30)31-23(5,6)7)18(19(28)25-22(2,3)4)15-9-11-16(27)12-10-15/h8-12,17-18,27,32H,1,13-14H2,2-7H3,(H,24,30)(H,25,28). The zero-order valence-electron chi connectivity index (χ0n) is 19.6. The van der Waals surface area contributed by atoms with Crippen LogP contribution >= 0.6 is 12.6 Å². The molecule has 32 heavy (non-hydrogen) atoms. The molecule has 0 heterocycles. The van der Waals surface area contributed by atoms with E-state index in [1.54, 1.807) is 32.9 Å². The normalized spacial score (nSPS) is 13.5. The van der Waals surface area contributed by atoms with E-state index in [9.17, 15) is 19.5 Å². The third-order valence-corrected chi connectivity index (χ3v) is 4.41. The lowest BCUT2D eigenvalue weighted by molar-refractivity contribution is -0.142. The molecular formula is C23H35N3O5S. The number of phenolic OH excluding ortho intramolecular Hbond substituents is 1. The van der Waals surface area contributed by atoms with Crippen LogP contribution in [-0.2, 0) is 14.3 Å². The SMILES string of the molecule is C=CCN(C(=O)C(CS)NC(=O)OC(C)(C)C)C(C(=O)NC(C)(C)C)c1ccc(O)cc1. The van der Waals surface area contributed by atoms with Gasteiger partial charge in [0.1, 0.15) is 23.4 Å². The molecule has 0 spiro atoms. The minimum absolute atomic E-state index is 0.00505. The second kappa shape index (κ2) is 11.3. The van der Waals surface area contributed by atoms with Gasteiger partial charge in [0, 0.05) is 17.8 Å². The molecule has 0 radical (unpaired) electrons. The molecule has 8 nitrogen and oxygen atoms in total. The van der Waals surface area contributed by atoms with Gasteiger partial charge in [0.05, 0.1) is 0 Å². The molecule has 3 N–H and O–H groups in total. The van der Waals surface area contributed by atoms with Crippen LogP contribution in [-0.4, -0.2) is 57.4 Å². The van der Waals surface area contributed by atoms with Crippen LogP contribution < -0.4 is 10.6 Å². The number of nitrogens with zero attached hydrogens (tertiary/aromatic N) is 1. The van der Waals surface area contributed by atoms with Gasteiger partial charge in [-0.15, -0.1) is 6.58 Å². The second-order valence-corrected chi connectivity index (χ2v) is 9.76. The number of hydrogen-bond acceptors (Lipinski definition) is 6. The lowest BCUT2D eigenvalue weighted by Crippen LogP contribution is -2.55. The Hall–Kier alpha value is -2.68. The topological polar surface area (TPSA) is 108 Å². The summed E-state index contributed by atoms with van der Waals surface area (Å²) in [5.41, 5.74) is -0.793.